The van der Waals surface area contributed by atoms with Crippen molar-refractivity contribution in [2.24, 2.45) is 17.8 Å². The molecule has 2 saturated carbocycles. The maximum atomic E-state index is 10.2. The molecule has 0 bridgehead atoms. The number of fused-ring (bicyclic) bond motifs is 1. The van der Waals surface area contributed by atoms with Crippen LogP contribution in [-0.4, -0.2) is 5.11 Å². The predicted octanol–water partition coefficient (Wildman–Crippen LogP) is 3.59. The first-order valence-corrected chi connectivity index (χ1v) is 6.89. The predicted molar refractivity (Wildman–Crippen MR) is 61.3 cm³/mol. The summed E-state index contributed by atoms with van der Waals surface area (Å²) in [4.78, 5) is 0. The van der Waals surface area contributed by atoms with Gasteiger partial charge in [0.2, 0.25) is 0 Å². The Kier molecular flexibility index (Phi) is 2.22. The van der Waals surface area contributed by atoms with Gasteiger partial charge in [0.05, 0.1) is 6.10 Å². The van der Waals surface area contributed by atoms with E-state index in [0.29, 0.717) is 5.92 Å². The largest absolute Gasteiger partial charge is 0.388 e. The first-order chi connectivity index (χ1) is 6.75. The van der Waals surface area contributed by atoms with Crippen LogP contribution in [-0.2, 0) is 0 Å². The highest BCUT2D eigenvalue weighted by Crippen LogP contribution is 2.57. The molecule has 3 atom stereocenters. The van der Waals surface area contributed by atoms with Crippen molar-refractivity contribution in [1.82, 2.24) is 0 Å². The molecule has 0 aliphatic heterocycles. The van der Waals surface area contributed by atoms with E-state index in [4.69, 9.17) is 0 Å². The van der Waals surface area contributed by atoms with E-state index in [-0.39, 0.29) is 6.10 Å². The molecule has 3 unspecified atom stereocenters. The Balaban J connectivity index is 1.76. The molecule has 1 heterocycles. The monoisotopic (exact) mass is 272 g/mol. The second-order valence-corrected chi connectivity index (χ2v) is 6.21. The number of aliphatic hydroxyl groups excluding tert-OH is 1. The van der Waals surface area contributed by atoms with E-state index >= 15 is 0 Å². The van der Waals surface area contributed by atoms with Crippen LogP contribution in [0.15, 0.2) is 15.2 Å². The molecular weight excluding hydrogens is 260 g/mol. The molecule has 0 radical (unpaired) electrons. The quantitative estimate of drug-likeness (QED) is 0.873. The molecule has 76 valence electrons. The van der Waals surface area contributed by atoms with E-state index in [1.807, 2.05) is 5.38 Å². The second kappa shape index (κ2) is 3.32. The lowest BCUT2D eigenvalue weighted by Gasteiger charge is -2.19. The van der Waals surface area contributed by atoms with Crippen molar-refractivity contribution in [2.45, 2.75) is 25.4 Å². The highest BCUT2D eigenvalue weighted by atomic mass is 79.9. The summed E-state index contributed by atoms with van der Waals surface area (Å²) in [6.45, 7) is 0. The van der Waals surface area contributed by atoms with E-state index in [1.54, 1.807) is 11.3 Å². The molecule has 0 saturated heterocycles. The minimum absolute atomic E-state index is 0.233. The number of aliphatic hydroxyl groups is 1. The average molecular weight is 273 g/mol. The van der Waals surface area contributed by atoms with Crippen LogP contribution < -0.4 is 0 Å². The Labute approximate surface area is 96.3 Å². The average Bonchev–Trinajstić information content (AvgIpc) is 2.64. The number of thiophene rings is 1. The van der Waals surface area contributed by atoms with Crippen LogP contribution in [0.3, 0.4) is 0 Å². The van der Waals surface area contributed by atoms with Gasteiger partial charge in [0.25, 0.3) is 0 Å². The maximum Gasteiger partial charge on any atom is 0.0837 e. The lowest BCUT2D eigenvalue weighted by molar-refractivity contribution is 0.104. The topological polar surface area (TPSA) is 20.2 Å². The summed E-state index contributed by atoms with van der Waals surface area (Å²) < 4.78 is 1.08. The highest BCUT2D eigenvalue weighted by molar-refractivity contribution is 9.10. The molecule has 14 heavy (non-hydrogen) atoms. The molecule has 1 aromatic rings. The van der Waals surface area contributed by atoms with Crippen molar-refractivity contribution in [1.29, 1.82) is 0 Å². The third kappa shape index (κ3) is 1.46. The van der Waals surface area contributed by atoms with Gasteiger partial charge in [-0.3, -0.25) is 0 Å². The van der Waals surface area contributed by atoms with Gasteiger partial charge in [-0.2, -0.15) is 11.3 Å². The molecule has 0 amide bonds. The van der Waals surface area contributed by atoms with E-state index < -0.39 is 0 Å². The third-order valence-corrected chi connectivity index (χ3v) is 5.44. The molecule has 2 fully saturated rings. The number of halogens is 1. The van der Waals surface area contributed by atoms with Gasteiger partial charge in [-0.1, -0.05) is 0 Å². The first kappa shape index (κ1) is 9.37. The van der Waals surface area contributed by atoms with Crippen molar-refractivity contribution in [2.75, 3.05) is 0 Å². The van der Waals surface area contributed by atoms with Gasteiger partial charge in [-0.05, 0) is 58.3 Å². The first-order valence-electron chi connectivity index (χ1n) is 5.15. The van der Waals surface area contributed by atoms with Gasteiger partial charge >= 0.3 is 0 Å². The van der Waals surface area contributed by atoms with E-state index in [0.717, 1.165) is 21.9 Å². The fourth-order valence-corrected chi connectivity index (χ4v) is 4.34. The molecule has 1 nitrogen and oxygen atoms in total. The summed E-state index contributed by atoms with van der Waals surface area (Å²) in [5.41, 5.74) is 1.10. The van der Waals surface area contributed by atoms with Gasteiger partial charge in [0.15, 0.2) is 0 Å². The molecule has 1 aromatic heterocycles. The van der Waals surface area contributed by atoms with Crippen molar-refractivity contribution >= 4 is 27.3 Å². The second-order valence-electron chi connectivity index (χ2n) is 4.61. The summed E-state index contributed by atoms with van der Waals surface area (Å²) in [6.07, 6.45) is 3.68. The lowest BCUT2D eigenvalue weighted by atomic mass is 9.93. The molecule has 0 aromatic carbocycles. The number of rotatable bonds is 2. The maximum absolute atomic E-state index is 10.2. The number of hydrogen-bond donors (Lipinski definition) is 1. The minimum Gasteiger partial charge on any atom is -0.388 e. The van der Waals surface area contributed by atoms with Crippen molar-refractivity contribution in [3.8, 4) is 0 Å². The molecule has 1 N–H and O–H groups in total. The summed E-state index contributed by atoms with van der Waals surface area (Å²) in [5, 5.41) is 14.3. The van der Waals surface area contributed by atoms with Crippen LogP contribution in [0.1, 0.15) is 30.9 Å². The Morgan fingerprint density at radius 1 is 1.29 bits per heavy atom. The third-order valence-electron chi connectivity index (χ3n) is 3.69. The smallest absolute Gasteiger partial charge is 0.0837 e. The molecule has 0 spiro atoms. The van der Waals surface area contributed by atoms with Gasteiger partial charge in [-0.15, -0.1) is 0 Å². The standard InChI is InChI=1S/C11H13BrOS/c12-10-5-14-4-9(10)11(13)8-2-6-1-7(6)3-8/h4-8,11,13H,1-3H2. The lowest BCUT2D eigenvalue weighted by Crippen LogP contribution is -2.10. The normalized spacial score (nSPS) is 36.9. The number of hydrogen-bond acceptors (Lipinski definition) is 2. The van der Waals surface area contributed by atoms with Gasteiger partial charge in [0.1, 0.15) is 0 Å². The van der Waals surface area contributed by atoms with Crippen LogP contribution in [0.25, 0.3) is 0 Å². The summed E-state index contributed by atoms with van der Waals surface area (Å²) in [6, 6.07) is 0. The minimum atomic E-state index is -0.233. The van der Waals surface area contributed by atoms with Crippen LogP contribution >= 0.6 is 27.3 Å². The molecular formula is C11H13BrOS. The van der Waals surface area contributed by atoms with Crippen LogP contribution in [0.4, 0.5) is 0 Å². The van der Waals surface area contributed by atoms with Crippen LogP contribution in [0.2, 0.25) is 0 Å². The van der Waals surface area contributed by atoms with Crippen LogP contribution in [0, 0.1) is 17.8 Å². The summed E-state index contributed by atoms with van der Waals surface area (Å²) >= 11 is 5.15. The van der Waals surface area contributed by atoms with Crippen molar-refractivity contribution in [3.63, 3.8) is 0 Å². The zero-order valence-corrected chi connectivity index (χ0v) is 10.2. The zero-order chi connectivity index (χ0) is 9.71. The Bertz CT molecular complexity index is 339. The van der Waals surface area contributed by atoms with Crippen LogP contribution in [0.5, 0.6) is 0 Å². The van der Waals surface area contributed by atoms with Crippen molar-refractivity contribution < 1.29 is 5.11 Å². The van der Waals surface area contributed by atoms with E-state index in [9.17, 15) is 5.11 Å². The zero-order valence-electron chi connectivity index (χ0n) is 7.82. The van der Waals surface area contributed by atoms with E-state index in [2.05, 4.69) is 21.3 Å². The molecule has 2 aliphatic rings. The summed E-state index contributed by atoms with van der Waals surface area (Å²) in [7, 11) is 0. The Hall–Kier alpha value is 0.140. The SMILES string of the molecule is OC(c1cscc1Br)C1CC2CC2C1. The van der Waals surface area contributed by atoms with Gasteiger partial charge < -0.3 is 5.11 Å². The van der Waals surface area contributed by atoms with Gasteiger partial charge in [0, 0.05) is 15.4 Å². The molecule has 3 rings (SSSR count). The molecule has 3 heteroatoms. The highest BCUT2D eigenvalue weighted by Gasteiger charge is 2.48. The fraction of sp³-hybridized carbons (Fsp3) is 0.636. The molecule has 2 aliphatic carbocycles. The Morgan fingerprint density at radius 2 is 2.00 bits per heavy atom. The van der Waals surface area contributed by atoms with Crippen molar-refractivity contribution in [3.05, 3.63) is 20.8 Å². The Morgan fingerprint density at radius 3 is 2.57 bits per heavy atom. The summed E-state index contributed by atoms with van der Waals surface area (Å²) in [5.74, 6) is 2.42. The fourth-order valence-electron chi connectivity index (χ4n) is 2.78. The van der Waals surface area contributed by atoms with E-state index in [1.165, 1.54) is 19.3 Å². The van der Waals surface area contributed by atoms with Gasteiger partial charge in [-0.25, -0.2) is 0 Å².